The Labute approximate surface area is 170 Å². The van der Waals surface area contributed by atoms with Crippen LogP contribution in [0.1, 0.15) is 16.7 Å². The SMILES string of the molecule is c1ccc(CC[SiH2][SiH2][SiH](CCc2ccccc2)CCc2ccccc2)cc1. The molecule has 0 aromatic heterocycles. The molecule has 0 heterocycles. The average Bonchev–Trinajstić information content (AvgIpc) is 2.75. The average molecular weight is 405 g/mol. The molecule has 3 heteroatoms. The minimum atomic E-state index is -0.498. The number of hydrogen-bond acceptors (Lipinski definition) is 0. The molecule has 0 N–H and O–H groups in total. The highest BCUT2D eigenvalue weighted by Gasteiger charge is 2.12. The number of hydrogen-bond donors (Lipinski definition) is 0. The summed E-state index contributed by atoms with van der Waals surface area (Å²) < 4.78 is 0. The van der Waals surface area contributed by atoms with Crippen molar-refractivity contribution in [2.24, 2.45) is 0 Å². The van der Waals surface area contributed by atoms with E-state index in [9.17, 15) is 0 Å². The third-order valence-electron chi connectivity index (χ3n) is 5.54. The van der Waals surface area contributed by atoms with Crippen LogP contribution in [0.25, 0.3) is 0 Å². The summed E-state index contributed by atoms with van der Waals surface area (Å²) in [6.45, 7) is 0. The van der Waals surface area contributed by atoms with E-state index < -0.39 is 8.31 Å². The van der Waals surface area contributed by atoms with Crippen molar-refractivity contribution in [2.75, 3.05) is 0 Å². The summed E-state index contributed by atoms with van der Waals surface area (Å²) in [5, 5.41) is 0. The Morgan fingerprint density at radius 1 is 0.519 bits per heavy atom. The topological polar surface area (TPSA) is 0 Å². The van der Waals surface area contributed by atoms with E-state index in [1.165, 1.54) is 25.3 Å². The van der Waals surface area contributed by atoms with Crippen LogP contribution in [-0.4, -0.2) is 25.9 Å². The van der Waals surface area contributed by atoms with Crippen molar-refractivity contribution in [1.82, 2.24) is 0 Å². The van der Waals surface area contributed by atoms with Gasteiger partial charge in [-0.1, -0.05) is 109 Å². The minimum Gasteiger partial charge on any atom is -0.0622 e. The normalized spacial score (nSPS) is 11.9. The molecule has 0 atom stereocenters. The van der Waals surface area contributed by atoms with Crippen LogP contribution in [0, 0.1) is 0 Å². The van der Waals surface area contributed by atoms with Crippen LogP contribution in [0.5, 0.6) is 0 Å². The Kier molecular flexibility index (Phi) is 8.84. The highest BCUT2D eigenvalue weighted by molar-refractivity contribution is 7.35. The second kappa shape index (κ2) is 11.9. The van der Waals surface area contributed by atoms with Gasteiger partial charge in [0.1, 0.15) is 0 Å². The van der Waals surface area contributed by atoms with Crippen molar-refractivity contribution in [1.29, 1.82) is 0 Å². The molecule has 0 saturated carbocycles. The molecular formula is C24H32Si3. The van der Waals surface area contributed by atoms with Crippen LogP contribution in [0.2, 0.25) is 18.1 Å². The highest BCUT2D eigenvalue weighted by Crippen LogP contribution is 2.12. The van der Waals surface area contributed by atoms with Crippen LogP contribution < -0.4 is 0 Å². The fourth-order valence-corrected chi connectivity index (χ4v) is 27.0. The maximum absolute atomic E-state index is 2.32. The fourth-order valence-electron chi connectivity index (χ4n) is 3.87. The summed E-state index contributed by atoms with van der Waals surface area (Å²) in [4.78, 5) is 0. The first-order valence-electron chi connectivity index (χ1n) is 10.5. The predicted molar refractivity (Wildman–Crippen MR) is 129 cm³/mol. The van der Waals surface area contributed by atoms with E-state index in [1.54, 1.807) is 28.8 Å². The van der Waals surface area contributed by atoms with Crippen LogP contribution in [0.3, 0.4) is 0 Å². The van der Waals surface area contributed by atoms with Crippen molar-refractivity contribution < 1.29 is 0 Å². The molecule has 0 radical (unpaired) electrons. The first kappa shape index (κ1) is 20.1. The number of benzene rings is 3. The second-order valence-electron chi connectivity index (χ2n) is 7.65. The Balaban J connectivity index is 1.47. The lowest BCUT2D eigenvalue weighted by Crippen LogP contribution is -2.28. The van der Waals surface area contributed by atoms with Crippen LogP contribution in [-0.2, 0) is 19.3 Å². The Morgan fingerprint density at radius 2 is 0.926 bits per heavy atom. The zero-order valence-electron chi connectivity index (χ0n) is 16.4. The molecule has 3 rings (SSSR count). The van der Waals surface area contributed by atoms with E-state index in [1.807, 2.05) is 0 Å². The first-order valence-corrected chi connectivity index (χ1v) is 20.4. The van der Waals surface area contributed by atoms with E-state index >= 15 is 0 Å². The standard InChI is InChI=1S/C24H32Si3/c1-4-10-22(11-5-1)16-19-25-26-27(20-17-23-12-6-2-7-13-23)21-18-24-14-8-3-9-15-24/h1-15,27H,16-21,25-26H2. The molecule has 3 aromatic carbocycles. The van der Waals surface area contributed by atoms with Gasteiger partial charge in [0.05, 0.1) is 0 Å². The summed E-state index contributed by atoms with van der Waals surface area (Å²) in [6, 6.07) is 38.1. The third-order valence-corrected chi connectivity index (χ3v) is 28.5. The van der Waals surface area contributed by atoms with Crippen molar-refractivity contribution in [3.63, 3.8) is 0 Å². The first-order chi connectivity index (χ1) is 13.4. The fraction of sp³-hybridized carbons (Fsp3) is 0.250. The predicted octanol–water partition coefficient (Wildman–Crippen LogP) is 4.11. The van der Waals surface area contributed by atoms with Gasteiger partial charge in [-0.3, -0.25) is 0 Å². The minimum absolute atomic E-state index is 0.220. The van der Waals surface area contributed by atoms with Crippen molar-refractivity contribution in [2.45, 2.75) is 37.4 Å². The van der Waals surface area contributed by atoms with E-state index in [-0.39, 0.29) is 17.6 Å². The van der Waals surface area contributed by atoms with Gasteiger partial charge in [-0.15, -0.1) is 0 Å². The molecule has 0 nitrogen and oxygen atoms in total. The molecule has 3 aromatic rings. The zero-order valence-corrected chi connectivity index (χ0v) is 20.4. The summed E-state index contributed by atoms with van der Waals surface area (Å²) >= 11 is 0. The van der Waals surface area contributed by atoms with E-state index in [0.717, 1.165) is 0 Å². The lowest BCUT2D eigenvalue weighted by molar-refractivity contribution is 1.07. The maximum Gasteiger partial charge on any atom is 0.0216 e. The van der Waals surface area contributed by atoms with Gasteiger partial charge in [-0.05, 0) is 36.0 Å². The molecule has 0 unspecified atom stereocenters. The van der Waals surface area contributed by atoms with Gasteiger partial charge in [-0.2, -0.15) is 0 Å². The van der Waals surface area contributed by atoms with Gasteiger partial charge in [0, 0.05) is 25.9 Å². The van der Waals surface area contributed by atoms with Crippen molar-refractivity contribution in [3.05, 3.63) is 108 Å². The summed E-state index contributed by atoms with van der Waals surface area (Å²) in [7, 11) is -0.0225. The highest BCUT2D eigenvalue weighted by atomic mass is 29.5. The van der Waals surface area contributed by atoms with Crippen molar-refractivity contribution >= 4 is 25.9 Å². The molecule has 0 aliphatic carbocycles. The lowest BCUT2D eigenvalue weighted by Gasteiger charge is -2.15. The molecule has 140 valence electrons. The molecular weight excluding hydrogens is 373 g/mol. The molecule has 0 bridgehead atoms. The Morgan fingerprint density at radius 3 is 1.37 bits per heavy atom. The molecule has 0 amide bonds. The molecule has 0 aliphatic heterocycles. The van der Waals surface area contributed by atoms with Gasteiger partial charge >= 0.3 is 0 Å². The zero-order chi connectivity index (χ0) is 18.6. The van der Waals surface area contributed by atoms with Crippen molar-refractivity contribution in [3.8, 4) is 0 Å². The van der Waals surface area contributed by atoms with Crippen LogP contribution in [0.15, 0.2) is 91.0 Å². The third kappa shape index (κ3) is 7.83. The largest absolute Gasteiger partial charge is 0.0622 e. The van der Waals surface area contributed by atoms with Gasteiger partial charge < -0.3 is 0 Å². The van der Waals surface area contributed by atoms with E-state index in [0.29, 0.717) is 0 Å². The van der Waals surface area contributed by atoms with Gasteiger partial charge in [-0.25, -0.2) is 0 Å². The molecule has 27 heavy (non-hydrogen) atoms. The van der Waals surface area contributed by atoms with E-state index in [2.05, 4.69) is 91.0 Å². The lowest BCUT2D eigenvalue weighted by atomic mass is 10.2. The quantitative estimate of drug-likeness (QED) is 0.333. The summed E-state index contributed by atoms with van der Waals surface area (Å²) in [5.74, 6) is 0. The Hall–Kier alpha value is -1.69. The Bertz CT molecular complexity index is 701. The van der Waals surface area contributed by atoms with Gasteiger partial charge in [0.25, 0.3) is 0 Å². The van der Waals surface area contributed by atoms with E-state index in [4.69, 9.17) is 0 Å². The monoisotopic (exact) mass is 404 g/mol. The molecule has 0 saturated heterocycles. The summed E-state index contributed by atoms with van der Waals surface area (Å²) in [5.41, 5.74) is 4.65. The number of aryl methyl sites for hydroxylation is 3. The van der Waals surface area contributed by atoms with Gasteiger partial charge in [0.2, 0.25) is 0 Å². The van der Waals surface area contributed by atoms with Crippen LogP contribution in [0.4, 0.5) is 0 Å². The molecule has 0 aliphatic rings. The molecule has 0 fully saturated rings. The maximum atomic E-state index is 2.32. The van der Waals surface area contributed by atoms with Gasteiger partial charge in [0.15, 0.2) is 0 Å². The molecule has 0 spiro atoms. The number of rotatable bonds is 11. The smallest absolute Gasteiger partial charge is 0.0216 e. The second-order valence-corrected chi connectivity index (χ2v) is 25.0. The van der Waals surface area contributed by atoms with Crippen LogP contribution >= 0.6 is 0 Å². The summed E-state index contributed by atoms with van der Waals surface area (Å²) in [6.07, 6.45) is 3.98.